The van der Waals surface area contributed by atoms with Gasteiger partial charge in [-0.25, -0.2) is 0 Å². The molecule has 1 rings (SSSR count). The van der Waals surface area contributed by atoms with Crippen molar-refractivity contribution in [3.05, 3.63) is 0 Å². The Morgan fingerprint density at radius 1 is 0.950 bits per heavy atom. The van der Waals surface area contributed by atoms with E-state index in [1.165, 1.54) is 0 Å². The van der Waals surface area contributed by atoms with E-state index in [-0.39, 0.29) is 11.5 Å². The third-order valence-electron chi connectivity index (χ3n) is 1.22. The summed E-state index contributed by atoms with van der Waals surface area (Å²) >= 11 is 3.18. The van der Waals surface area contributed by atoms with Gasteiger partial charge in [-0.3, -0.25) is 9.59 Å². The molecule has 0 aromatic carbocycles. The fourth-order valence-electron chi connectivity index (χ4n) is 0.238. The molecule has 1 heterocycles. The standard InChI is InChI=1S/2C3H7NO2S.2Mo.4O/c2*4-2(1-7)3(5)6;;;;;;/h2*2,7H,1,4H2,(H,5,6);;;;;;/p-2. The second-order valence-electron chi connectivity index (χ2n) is 2.77. The summed E-state index contributed by atoms with van der Waals surface area (Å²) in [6.45, 7) is 0. The van der Waals surface area contributed by atoms with Crippen molar-refractivity contribution in [2.75, 3.05) is 11.5 Å². The fraction of sp³-hybridized carbons (Fsp3) is 0.667. The Hall–Kier alpha value is 0.457. The summed E-state index contributed by atoms with van der Waals surface area (Å²) in [6.07, 6.45) is 0. The van der Waals surface area contributed by atoms with E-state index in [4.69, 9.17) is 21.7 Å². The minimum absolute atomic E-state index is 0.0787. The molecule has 20 heavy (non-hydrogen) atoms. The molecular formula is C6H12Mo2N2O8S2-2. The Kier molecular flexibility index (Phi) is 14.9. The first-order chi connectivity index (χ1) is 9.15. The van der Waals surface area contributed by atoms with Gasteiger partial charge >= 0.3 is 58.9 Å². The molecule has 0 saturated carbocycles. The molecule has 120 valence electrons. The first kappa shape index (κ1) is 22.7. The summed E-state index contributed by atoms with van der Waals surface area (Å²) in [5.41, 5.74) is 9.82. The molecule has 10 nitrogen and oxygen atoms in total. The second kappa shape index (κ2) is 13.1. The molecule has 0 aromatic heterocycles. The van der Waals surface area contributed by atoms with Crippen LogP contribution in [0.5, 0.6) is 0 Å². The molecule has 14 heteroatoms. The van der Waals surface area contributed by atoms with Crippen LogP contribution in [0.4, 0.5) is 0 Å². The van der Waals surface area contributed by atoms with Crippen molar-refractivity contribution in [2.45, 2.75) is 12.1 Å². The van der Waals surface area contributed by atoms with Crippen molar-refractivity contribution in [1.29, 1.82) is 0 Å². The van der Waals surface area contributed by atoms with Crippen LogP contribution in [-0.4, -0.2) is 45.7 Å². The molecule has 2 unspecified atom stereocenters. The van der Waals surface area contributed by atoms with Crippen molar-refractivity contribution in [3.63, 3.8) is 0 Å². The van der Waals surface area contributed by atoms with Gasteiger partial charge < -0.3 is 46.9 Å². The van der Waals surface area contributed by atoms with E-state index < -0.39 is 60.1 Å². The zero-order valence-corrected chi connectivity index (χ0v) is 15.3. The van der Waals surface area contributed by atoms with Crippen LogP contribution in [0.25, 0.3) is 0 Å². The number of carboxylic acid groups (broad SMARTS) is 2. The SMILES string of the molecule is NC(C[S-])C(=O)O.NC(C[S-])C(=O)O.[O]=[Mo]1[O][Mo](=[O])[O]1. The molecule has 0 radical (unpaired) electrons. The predicted molar refractivity (Wildman–Crippen MR) is 59.2 cm³/mol. The molecule has 0 aromatic rings. The van der Waals surface area contributed by atoms with E-state index in [1.807, 2.05) is 0 Å². The van der Waals surface area contributed by atoms with E-state index in [2.05, 4.69) is 29.3 Å². The van der Waals surface area contributed by atoms with Crippen molar-refractivity contribution in [3.8, 4) is 0 Å². The molecule has 6 N–H and O–H groups in total. The summed E-state index contributed by atoms with van der Waals surface area (Å²) in [6, 6.07) is -1.73. The third-order valence-corrected chi connectivity index (χ3v) is 9.49. The Morgan fingerprint density at radius 3 is 1.20 bits per heavy atom. The summed E-state index contributed by atoms with van der Waals surface area (Å²) in [5.74, 6) is -1.91. The molecule has 1 saturated heterocycles. The maximum atomic E-state index is 9.76. The molecule has 1 fully saturated rings. The Bertz CT molecular complexity index is 329. The molecular weight excluding hydrogens is 484 g/mol. The Morgan fingerprint density at radius 2 is 1.20 bits per heavy atom. The zero-order chi connectivity index (χ0) is 16.3. The molecule has 2 atom stereocenters. The van der Waals surface area contributed by atoms with Gasteiger partial charge in [0.1, 0.15) is 0 Å². The quantitative estimate of drug-likeness (QED) is 0.238. The van der Waals surface area contributed by atoms with Crippen LogP contribution in [0.3, 0.4) is 0 Å². The number of hydrogen-bond acceptors (Lipinski definition) is 10. The van der Waals surface area contributed by atoms with Gasteiger partial charge in [0.05, 0.1) is 12.1 Å². The van der Waals surface area contributed by atoms with E-state index in [0.29, 0.717) is 0 Å². The van der Waals surface area contributed by atoms with Crippen LogP contribution in [0.15, 0.2) is 0 Å². The minimum atomic E-state index is -2.75. The van der Waals surface area contributed by atoms with Crippen molar-refractivity contribution in [2.24, 2.45) is 11.5 Å². The average molecular weight is 496 g/mol. The summed E-state index contributed by atoms with van der Waals surface area (Å²) in [5, 5.41) is 16.0. The number of rotatable bonds is 4. The van der Waals surface area contributed by atoms with E-state index in [1.54, 1.807) is 0 Å². The Labute approximate surface area is 138 Å². The monoisotopic (exact) mass is 500 g/mol. The van der Waals surface area contributed by atoms with Gasteiger partial charge in [-0.05, 0) is 0 Å². The van der Waals surface area contributed by atoms with Gasteiger partial charge in [-0.1, -0.05) is 0 Å². The molecule has 0 aliphatic carbocycles. The number of hydrogen-bond donors (Lipinski definition) is 4. The number of carboxylic acids is 2. The number of aliphatic carboxylic acids is 2. The van der Waals surface area contributed by atoms with Crippen LogP contribution < -0.4 is 11.5 Å². The van der Waals surface area contributed by atoms with Crippen LogP contribution in [-0.2, 0) is 81.8 Å². The van der Waals surface area contributed by atoms with Gasteiger partial charge in [-0.15, -0.1) is 0 Å². The molecule has 0 spiro atoms. The topological polar surface area (TPSA) is 179 Å². The van der Waals surface area contributed by atoms with Crippen LogP contribution >= 0.6 is 0 Å². The fourth-order valence-corrected chi connectivity index (χ4v) is 3.78. The van der Waals surface area contributed by atoms with Gasteiger partial charge in [0.25, 0.3) is 0 Å². The molecule has 0 bridgehead atoms. The van der Waals surface area contributed by atoms with Crippen LogP contribution in [0, 0.1) is 0 Å². The summed E-state index contributed by atoms with van der Waals surface area (Å²) < 4.78 is 27.8. The predicted octanol–water partition coefficient (Wildman–Crippen LogP) is -2.49. The van der Waals surface area contributed by atoms with E-state index >= 15 is 0 Å². The third kappa shape index (κ3) is 13.4. The van der Waals surface area contributed by atoms with Gasteiger partial charge in [0, 0.05) is 0 Å². The van der Waals surface area contributed by atoms with E-state index in [9.17, 15) is 16.4 Å². The normalized spacial score (nSPS) is 17.4. The Balaban J connectivity index is 0. The number of carbonyl (C=O) groups is 2. The summed E-state index contributed by atoms with van der Waals surface area (Å²) in [4.78, 5) is 19.5. The first-order valence-corrected chi connectivity index (χ1v) is 10.6. The van der Waals surface area contributed by atoms with Crippen LogP contribution in [0.2, 0.25) is 0 Å². The average Bonchev–Trinajstić information content (AvgIpc) is 2.36. The maximum absolute atomic E-state index is 9.76. The zero-order valence-electron chi connectivity index (χ0n) is 9.70. The molecule has 1 aliphatic heterocycles. The van der Waals surface area contributed by atoms with Gasteiger partial charge in [0.15, 0.2) is 0 Å². The van der Waals surface area contributed by atoms with Gasteiger partial charge in [-0.2, -0.15) is 11.5 Å². The molecule has 0 amide bonds. The van der Waals surface area contributed by atoms with Crippen molar-refractivity contribution >= 4 is 37.2 Å². The molecule has 1 aliphatic rings. The van der Waals surface area contributed by atoms with Crippen LogP contribution in [0.1, 0.15) is 0 Å². The summed E-state index contributed by atoms with van der Waals surface area (Å²) in [7, 11) is 0. The van der Waals surface area contributed by atoms with Crippen molar-refractivity contribution < 1.29 is 66.8 Å². The second-order valence-corrected chi connectivity index (χ2v) is 10.1. The van der Waals surface area contributed by atoms with E-state index in [0.717, 1.165) is 0 Å². The van der Waals surface area contributed by atoms with Gasteiger partial charge in [0.2, 0.25) is 0 Å². The first-order valence-electron chi connectivity index (χ1n) is 4.49. The number of nitrogens with two attached hydrogens (primary N) is 2. The van der Waals surface area contributed by atoms with Crippen molar-refractivity contribution in [1.82, 2.24) is 0 Å².